The minimum absolute atomic E-state index is 0.733. The van der Waals surface area contributed by atoms with Gasteiger partial charge in [-0.3, -0.25) is 0 Å². The van der Waals surface area contributed by atoms with Crippen LogP contribution in [0.15, 0.2) is 18.2 Å². The van der Waals surface area contributed by atoms with Crippen molar-refractivity contribution in [3.63, 3.8) is 0 Å². The van der Waals surface area contributed by atoms with Gasteiger partial charge < -0.3 is 5.41 Å². The zero-order valence-corrected chi connectivity index (χ0v) is 7.94. The van der Waals surface area contributed by atoms with Gasteiger partial charge >= 0.3 is 0 Å². The van der Waals surface area contributed by atoms with Crippen LogP contribution in [-0.4, -0.2) is 5.71 Å². The molecule has 0 aliphatic heterocycles. The Morgan fingerprint density at radius 3 is 2.58 bits per heavy atom. The van der Waals surface area contributed by atoms with Crippen LogP contribution in [-0.2, 0) is 0 Å². The normalized spacial score (nSPS) is 9.92. The molecule has 0 radical (unpaired) electrons. The monoisotopic (exact) mass is 161 g/mol. The molecule has 1 aromatic carbocycles. The number of hydrogen-bond acceptors (Lipinski definition) is 1. The first-order chi connectivity index (χ1) is 5.66. The Kier molecular flexibility index (Phi) is 2.64. The van der Waals surface area contributed by atoms with Gasteiger partial charge in [0.2, 0.25) is 0 Å². The molecule has 0 aliphatic rings. The standard InChI is InChI=1S/C11H15N/c1-4-11(12)10-7-5-6-8(2)9(10)3/h5-7,12H,4H2,1-3H3. The molecule has 1 aromatic rings. The van der Waals surface area contributed by atoms with E-state index in [9.17, 15) is 0 Å². The first-order valence-corrected chi connectivity index (χ1v) is 4.30. The predicted octanol–water partition coefficient (Wildman–Crippen LogP) is 3.08. The first-order valence-electron chi connectivity index (χ1n) is 4.30. The lowest BCUT2D eigenvalue weighted by atomic mass is 9.99. The lowest BCUT2D eigenvalue weighted by Crippen LogP contribution is -2.00. The molecule has 1 nitrogen and oxygen atoms in total. The van der Waals surface area contributed by atoms with Gasteiger partial charge in [-0.15, -0.1) is 0 Å². The maximum absolute atomic E-state index is 7.72. The zero-order valence-electron chi connectivity index (χ0n) is 7.94. The van der Waals surface area contributed by atoms with Gasteiger partial charge in [0.25, 0.3) is 0 Å². The lowest BCUT2D eigenvalue weighted by Gasteiger charge is -2.07. The second kappa shape index (κ2) is 3.53. The fraction of sp³-hybridized carbons (Fsp3) is 0.364. The molecule has 0 amide bonds. The van der Waals surface area contributed by atoms with E-state index in [4.69, 9.17) is 5.41 Å². The third-order valence-electron chi connectivity index (χ3n) is 2.28. The third-order valence-corrected chi connectivity index (χ3v) is 2.28. The highest BCUT2D eigenvalue weighted by Crippen LogP contribution is 2.13. The van der Waals surface area contributed by atoms with Gasteiger partial charge in [-0.25, -0.2) is 0 Å². The summed E-state index contributed by atoms with van der Waals surface area (Å²) in [4.78, 5) is 0. The molecular formula is C11H15N. The summed E-state index contributed by atoms with van der Waals surface area (Å²) in [5.74, 6) is 0. The zero-order chi connectivity index (χ0) is 9.14. The van der Waals surface area contributed by atoms with Crippen molar-refractivity contribution in [3.8, 4) is 0 Å². The van der Waals surface area contributed by atoms with E-state index in [1.807, 2.05) is 19.1 Å². The molecule has 0 aromatic heterocycles. The molecule has 0 saturated heterocycles. The minimum Gasteiger partial charge on any atom is -0.305 e. The average Bonchev–Trinajstić information content (AvgIpc) is 2.08. The molecule has 0 saturated carbocycles. The highest BCUT2D eigenvalue weighted by Gasteiger charge is 2.03. The number of nitrogens with one attached hydrogen (secondary N) is 1. The fourth-order valence-electron chi connectivity index (χ4n) is 1.27. The Morgan fingerprint density at radius 1 is 1.33 bits per heavy atom. The van der Waals surface area contributed by atoms with Gasteiger partial charge in [-0.1, -0.05) is 25.1 Å². The molecule has 0 heterocycles. The first kappa shape index (κ1) is 8.98. The van der Waals surface area contributed by atoms with E-state index >= 15 is 0 Å². The van der Waals surface area contributed by atoms with Crippen LogP contribution in [0.4, 0.5) is 0 Å². The SMILES string of the molecule is CCC(=N)c1cccc(C)c1C. The number of benzene rings is 1. The van der Waals surface area contributed by atoms with Crippen LogP contribution in [0.3, 0.4) is 0 Å². The molecule has 12 heavy (non-hydrogen) atoms. The van der Waals surface area contributed by atoms with Crippen LogP contribution in [0.5, 0.6) is 0 Å². The van der Waals surface area contributed by atoms with Gasteiger partial charge in [0.05, 0.1) is 0 Å². The molecule has 64 valence electrons. The highest BCUT2D eigenvalue weighted by atomic mass is 14.4. The van der Waals surface area contributed by atoms with Gasteiger partial charge in [-0.05, 0) is 37.0 Å². The molecule has 0 aliphatic carbocycles. The summed E-state index contributed by atoms with van der Waals surface area (Å²) in [7, 11) is 0. The van der Waals surface area contributed by atoms with Crippen molar-refractivity contribution in [2.45, 2.75) is 27.2 Å². The quantitative estimate of drug-likeness (QED) is 0.644. The molecule has 0 unspecified atom stereocenters. The predicted molar refractivity (Wildman–Crippen MR) is 53.0 cm³/mol. The Bertz CT molecular complexity index is 300. The van der Waals surface area contributed by atoms with E-state index in [0.717, 1.165) is 17.7 Å². The summed E-state index contributed by atoms with van der Waals surface area (Å²) in [6.07, 6.45) is 0.810. The number of rotatable bonds is 2. The Hall–Kier alpha value is -1.11. The second-order valence-corrected chi connectivity index (χ2v) is 3.08. The van der Waals surface area contributed by atoms with Gasteiger partial charge in [0.15, 0.2) is 0 Å². The van der Waals surface area contributed by atoms with Gasteiger partial charge in [-0.2, -0.15) is 0 Å². The number of hydrogen-bond donors (Lipinski definition) is 1. The Labute approximate surface area is 73.9 Å². The summed E-state index contributed by atoms with van der Waals surface area (Å²) in [6, 6.07) is 6.12. The molecule has 0 spiro atoms. The van der Waals surface area contributed by atoms with Crippen LogP contribution in [0.25, 0.3) is 0 Å². The van der Waals surface area contributed by atoms with Crippen molar-refractivity contribution < 1.29 is 0 Å². The van der Waals surface area contributed by atoms with Crippen molar-refractivity contribution in [3.05, 3.63) is 34.9 Å². The van der Waals surface area contributed by atoms with Crippen LogP contribution in [0.2, 0.25) is 0 Å². The fourth-order valence-corrected chi connectivity index (χ4v) is 1.27. The minimum atomic E-state index is 0.733. The molecule has 0 atom stereocenters. The van der Waals surface area contributed by atoms with E-state index < -0.39 is 0 Å². The largest absolute Gasteiger partial charge is 0.305 e. The van der Waals surface area contributed by atoms with E-state index in [-0.39, 0.29) is 0 Å². The Morgan fingerprint density at radius 2 is 2.00 bits per heavy atom. The molecule has 1 rings (SSSR count). The average molecular weight is 161 g/mol. The van der Waals surface area contributed by atoms with Crippen LogP contribution < -0.4 is 0 Å². The third kappa shape index (κ3) is 1.55. The molecule has 1 N–H and O–H groups in total. The molecule has 1 heteroatoms. The van der Waals surface area contributed by atoms with Crippen LogP contribution in [0.1, 0.15) is 30.0 Å². The van der Waals surface area contributed by atoms with E-state index in [1.54, 1.807) is 0 Å². The van der Waals surface area contributed by atoms with E-state index in [1.165, 1.54) is 11.1 Å². The summed E-state index contributed by atoms with van der Waals surface area (Å²) >= 11 is 0. The molecular weight excluding hydrogens is 146 g/mol. The number of aryl methyl sites for hydroxylation is 1. The summed E-state index contributed by atoms with van der Waals surface area (Å²) in [6.45, 7) is 6.18. The van der Waals surface area contributed by atoms with Crippen molar-refractivity contribution in [1.82, 2.24) is 0 Å². The Balaban J connectivity index is 3.16. The molecule has 0 fully saturated rings. The van der Waals surface area contributed by atoms with Crippen LogP contribution >= 0.6 is 0 Å². The van der Waals surface area contributed by atoms with Crippen molar-refractivity contribution >= 4 is 5.71 Å². The maximum Gasteiger partial charge on any atom is 0.0386 e. The summed E-state index contributed by atoms with van der Waals surface area (Å²) < 4.78 is 0. The van der Waals surface area contributed by atoms with Crippen molar-refractivity contribution in [2.75, 3.05) is 0 Å². The van der Waals surface area contributed by atoms with Gasteiger partial charge in [0, 0.05) is 5.71 Å². The smallest absolute Gasteiger partial charge is 0.0386 e. The maximum atomic E-state index is 7.72. The lowest BCUT2D eigenvalue weighted by molar-refractivity contribution is 1.22. The van der Waals surface area contributed by atoms with Gasteiger partial charge in [0.1, 0.15) is 0 Å². The van der Waals surface area contributed by atoms with Crippen molar-refractivity contribution in [2.24, 2.45) is 0 Å². The van der Waals surface area contributed by atoms with E-state index in [2.05, 4.69) is 19.9 Å². The molecule has 0 bridgehead atoms. The summed E-state index contributed by atoms with van der Waals surface area (Å²) in [5, 5.41) is 7.72. The van der Waals surface area contributed by atoms with Crippen molar-refractivity contribution in [1.29, 1.82) is 5.41 Å². The topological polar surface area (TPSA) is 23.9 Å². The van der Waals surface area contributed by atoms with E-state index in [0.29, 0.717) is 0 Å². The van der Waals surface area contributed by atoms with Crippen LogP contribution in [0, 0.1) is 19.3 Å². The summed E-state index contributed by atoms with van der Waals surface area (Å²) in [5.41, 5.74) is 4.34. The highest BCUT2D eigenvalue weighted by molar-refractivity contribution is 5.99. The second-order valence-electron chi connectivity index (χ2n) is 3.08.